The lowest BCUT2D eigenvalue weighted by Crippen LogP contribution is -2.53. The Bertz CT molecular complexity index is 301. The van der Waals surface area contributed by atoms with Crippen molar-refractivity contribution >= 4 is 30.7 Å². The number of hydrogen-bond donors (Lipinski definition) is 1. The van der Waals surface area contributed by atoms with Crippen molar-refractivity contribution in [1.29, 1.82) is 0 Å². The maximum absolute atomic E-state index is 12.5. The number of carbonyl (C=O) groups is 1. The van der Waals surface area contributed by atoms with Gasteiger partial charge in [0.1, 0.15) is 0 Å². The Labute approximate surface area is 141 Å². The Morgan fingerprint density at radius 1 is 1.14 bits per heavy atom. The van der Waals surface area contributed by atoms with Crippen molar-refractivity contribution in [3.8, 4) is 0 Å². The fraction of sp³-hybridized carbons (Fsp3) is 0.933. The monoisotopic (exact) mass is 339 g/mol. The summed E-state index contributed by atoms with van der Waals surface area (Å²) in [5.74, 6) is 0.308. The lowest BCUT2D eigenvalue weighted by Gasteiger charge is -2.40. The van der Waals surface area contributed by atoms with Crippen LogP contribution in [0, 0.1) is 0 Å². The molecule has 21 heavy (non-hydrogen) atoms. The van der Waals surface area contributed by atoms with E-state index in [1.54, 1.807) is 0 Å². The van der Waals surface area contributed by atoms with Gasteiger partial charge in [0.2, 0.25) is 5.91 Å². The first-order valence-electron chi connectivity index (χ1n) is 7.83. The summed E-state index contributed by atoms with van der Waals surface area (Å²) in [5, 5.41) is 3.36. The third-order valence-corrected chi connectivity index (χ3v) is 4.73. The number of hydrogen-bond acceptors (Lipinski definition) is 3. The predicted molar refractivity (Wildman–Crippen MR) is 92.6 cm³/mol. The van der Waals surface area contributed by atoms with Crippen LogP contribution in [0.5, 0.6) is 0 Å². The molecule has 2 heterocycles. The van der Waals surface area contributed by atoms with E-state index in [-0.39, 0.29) is 30.9 Å². The van der Waals surface area contributed by atoms with Crippen molar-refractivity contribution in [1.82, 2.24) is 15.1 Å². The maximum atomic E-state index is 12.5. The van der Waals surface area contributed by atoms with Crippen LogP contribution < -0.4 is 5.32 Å². The Hall–Kier alpha value is -0.0300. The van der Waals surface area contributed by atoms with E-state index in [4.69, 9.17) is 0 Å². The van der Waals surface area contributed by atoms with Gasteiger partial charge >= 0.3 is 0 Å². The Balaban J connectivity index is 0.00000200. The Morgan fingerprint density at radius 2 is 1.76 bits per heavy atom. The molecule has 1 atom stereocenters. The van der Waals surface area contributed by atoms with Gasteiger partial charge in [-0.1, -0.05) is 6.42 Å². The molecule has 0 aliphatic carbocycles. The molecule has 0 bridgehead atoms. The zero-order chi connectivity index (χ0) is 13.8. The second kappa shape index (κ2) is 9.88. The molecule has 2 aliphatic rings. The number of amides is 1. The van der Waals surface area contributed by atoms with Gasteiger partial charge in [-0.2, -0.15) is 0 Å². The number of nitrogens with zero attached hydrogens (tertiary/aromatic N) is 2. The van der Waals surface area contributed by atoms with Gasteiger partial charge in [0.25, 0.3) is 0 Å². The fourth-order valence-corrected chi connectivity index (χ4v) is 3.28. The first kappa shape index (κ1) is 21.0. The van der Waals surface area contributed by atoms with E-state index >= 15 is 0 Å². The summed E-state index contributed by atoms with van der Waals surface area (Å²) in [6.07, 6.45) is 5.64. The maximum Gasteiger partial charge on any atom is 0.239 e. The number of rotatable bonds is 3. The second-order valence-electron chi connectivity index (χ2n) is 6.31. The van der Waals surface area contributed by atoms with E-state index < -0.39 is 0 Å². The van der Waals surface area contributed by atoms with Crippen LogP contribution >= 0.6 is 24.8 Å². The normalized spacial score (nSPS) is 24.1. The van der Waals surface area contributed by atoms with E-state index in [1.165, 1.54) is 12.8 Å². The van der Waals surface area contributed by atoms with Crippen molar-refractivity contribution in [2.24, 2.45) is 0 Å². The van der Waals surface area contributed by atoms with Crippen LogP contribution in [0.15, 0.2) is 0 Å². The van der Waals surface area contributed by atoms with Crippen LogP contribution in [0.25, 0.3) is 0 Å². The van der Waals surface area contributed by atoms with Gasteiger partial charge in [-0.25, -0.2) is 0 Å². The summed E-state index contributed by atoms with van der Waals surface area (Å²) in [6.45, 7) is 7.74. The molecule has 1 N–H and O–H groups in total. The predicted octanol–water partition coefficient (Wildman–Crippen LogP) is 2.30. The molecule has 4 nitrogen and oxygen atoms in total. The topological polar surface area (TPSA) is 35.6 Å². The van der Waals surface area contributed by atoms with Crippen LogP contribution in [-0.2, 0) is 4.79 Å². The highest BCUT2D eigenvalue weighted by Crippen LogP contribution is 2.19. The second-order valence-corrected chi connectivity index (χ2v) is 6.31. The van der Waals surface area contributed by atoms with Crippen LogP contribution in [0.2, 0.25) is 0 Å². The number of likely N-dealkylation sites (N-methyl/N-ethyl adjacent to an activating group) is 1. The zero-order valence-corrected chi connectivity index (χ0v) is 15.1. The van der Waals surface area contributed by atoms with E-state index in [0.717, 1.165) is 38.9 Å². The Morgan fingerprint density at radius 3 is 2.24 bits per heavy atom. The minimum Gasteiger partial charge on any atom is -0.341 e. The van der Waals surface area contributed by atoms with Crippen LogP contribution in [0.3, 0.4) is 0 Å². The third kappa shape index (κ3) is 5.59. The van der Waals surface area contributed by atoms with Gasteiger partial charge in [0.05, 0.1) is 6.04 Å². The largest absolute Gasteiger partial charge is 0.341 e. The van der Waals surface area contributed by atoms with Crippen LogP contribution in [0.1, 0.15) is 46.0 Å². The molecular weight excluding hydrogens is 309 g/mol. The standard InChI is InChI=1S/C15H29N3O.2ClH/c1-12(2)18-10-7-13(8-11-18)17(3)15(19)14-6-4-5-9-16-14;;/h12-14,16H,4-11H2,1-3H3;2*1H/t14-;;/m0../s1. The lowest BCUT2D eigenvalue weighted by atomic mass is 9.99. The van der Waals surface area contributed by atoms with Gasteiger partial charge in [-0.15, -0.1) is 24.8 Å². The van der Waals surface area contributed by atoms with Gasteiger partial charge in [-0.3, -0.25) is 4.79 Å². The zero-order valence-electron chi connectivity index (χ0n) is 13.5. The van der Waals surface area contributed by atoms with Crippen molar-refractivity contribution < 1.29 is 4.79 Å². The van der Waals surface area contributed by atoms with E-state index in [1.807, 2.05) is 11.9 Å². The highest BCUT2D eigenvalue weighted by Gasteiger charge is 2.30. The number of piperidine rings is 2. The van der Waals surface area contributed by atoms with Crippen molar-refractivity contribution in [3.05, 3.63) is 0 Å². The molecule has 2 saturated heterocycles. The lowest BCUT2D eigenvalue weighted by molar-refractivity contribution is -0.135. The van der Waals surface area contributed by atoms with E-state index in [2.05, 4.69) is 24.1 Å². The fourth-order valence-electron chi connectivity index (χ4n) is 3.28. The average Bonchev–Trinajstić information content (AvgIpc) is 2.46. The summed E-state index contributed by atoms with van der Waals surface area (Å²) < 4.78 is 0. The van der Waals surface area contributed by atoms with Gasteiger partial charge in [0, 0.05) is 32.2 Å². The molecule has 6 heteroatoms. The molecule has 0 unspecified atom stereocenters. The van der Waals surface area contributed by atoms with Crippen molar-refractivity contribution in [2.45, 2.75) is 64.1 Å². The molecule has 2 aliphatic heterocycles. The molecule has 2 fully saturated rings. The molecule has 0 saturated carbocycles. The first-order valence-corrected chi connectivity index (χ1v) is 7.83. The first-order chi connectivity index (χ1) is 9.09. The average molecular weight is 340 g/mol. The summed E-state index contributed by atoms with van der Waals surface area (Å²) >= 11 is 0. The molecule has 0 spiro atoms. The number of carbonyl (C=O) groups excluding carboxylic acids is 1. The molecule has 0 aromatic rings. The Kier molecular flexibility index (Phi) is 9.87. The number of halogens is 2. The minimum atomic E-state index is 0. The number of likely N-dealkylation sites (tertiary alicyclic amines) is 1. The summed E-state index contributed by atoms with van der Waals surface area (Å²) in [6, 6.07) is 1.13. The highest BCUT2D eigenvalue weighted by molar-refractivity contribution is 5.85. The molecule has 1 amide bonds. The van der Waals surface area contributed by atoms with Crippen molar-refractivity contribution in [3.63, 3.8) is 0 Å². The molecule has 0 aromatic carbocycles. The van der Waals surface area contributed by atoms with E-state index in [0.29, 0.717) is 18.0 Å². The SMILES string of the molecule is CC(C)N1CCC(N(C)C(=O)[C@@H]2CCCCN2)CC1.Cl.Cl. The van der Waals surface area contributed by atoms with Crippen LogP contribution in [-0.4, -0.2) is 60.5 Å². The van der Waals surface area contributed by atoms with E-state index in [9.17, 15) is 4.79 Å². The molecule has 2 rings (SSSR count). The smallest absolute Gasteiger partial charge is 0.239 e. The molecule has 0 aromatic heterocycles. The highest BCUT2D eigenvalue weighted by atomic mass is 35.5. The quantitative estimate of drug-likeness (QED) is 0.856. The van der Waals surface area contributed by atoms with Crippen LogP contribution in [0.4, 0.5) is 0 Å². The summed E-state index contributed by atoms with van der Waals surface area (Å²) in [5.41, 5.74) is 0. The number of nitrogens with one attached hydrogen (secondary N) is 1. The van der Waals surface area contributed by atoms with Crippen molar-refractivity contribution in [2.75, 3.05) is 26.7 Å². The van der Waals surface area contributed by atoms with Gasteiger partial charge < -0.3 is 15.1 Å². The summed E-state index contributed by atoms with van der Waals surface area (Å²) in [4.78, 5) is 17.0. The molecular formula is C15H31Cl2N3O. The molecule has 126 valence electrons. The molecule has 0 radical (unpaired) electrons. The minimum absolute atomic E-state index is 0. The van der Waals surface area contributed by atoms with Gasteiger partial charge in [0.15, 0.2) is 0 Å². The van der Waals surface area contributed by atoms with Gasteiger partial charge in [-0.05, 0) is 46.1 Å². The third-order valence-electron chi connectivity index (χ3n) is 4.73. The summed E-state index contributed by atoms with van der Waals surface area (Å²) in [7, 11) is 1.99.